The Hall–Kier alpha value is -4.38. The minimum Gasteiger partial charge on any atom is -0.497 e. The van der Waals surface area contributed by atoms with Crippen molar-refractivity contribution in [3.8, 4) is 22.9 Å². The maximum atomic E-state index is 5.90. The number of hydrogen-bond donors (Lipinski definition) is 1. The zero-order chi connectivity index (χ0) is 22.5. The van der Waals surface area contributed by atoms with E-state index in [1.54, 1.807) is 7.11 Å². The first-order valence-corrected chi connectivity index (χ1v) is 10.7. The molecule has 0 fully saturated rings. The standard InChI is InChI=1S/C28H23N3O2/c1-32-23-15-11-21(12-16-23)27-30-26-10-6-5-9-25(26)28(31-27)29-22-13-17-24(18-14-22)33-19-20-7-3-2-4-8-20/h2-18H,19H2,1H3,(H,29,30,31). The SMILES string of the molecule is COc1ccc(-c2nc(Nc3ccc(OCc4ccccc4)cc3)c3ccccc3n2)cc1. The summed E-state index contributed by atoms with van der Waals surface area (Å²) >= 11 is 0. The summed E-state index contributed by atoms with van der Waals surface area (Å²) in [5.74, 6) is 3.02. The van der Waals surface area contributed by atoms with Crippen LogP contribution in [-0.2, 0) is 6.61 Å². The van der Waals surface area contributed by atoms with Crippen molar-refractivity contribution in [2.75, 3.05) is 12.4 Å². The summed E-state index contributed by atoms with van der Waals surface area (Å²) in [5.41, 5.74) is 3.86. The molecule has 5 nitrogen and oxygen atoms in total. The summed E-state index contributed by atoms with van der Waals surface area (Å²) in [7, 11) is 1.65. The molecule has 0 saturated carbocycles. The summed E-state index contributed by atoms with van der Waals surface area (Å²) < 4.78 is 11.2. The molecule has 162 valence electrons. The van der Waals surface area contributed by atoms with Crippen molar-refractivity contribution >= 4 is 22.4 Å². The monoisotopic (exact) mass is 433 g/mol. The van der Waals surface area contributed by atoms with Gasteiger partial charge in [0.25, 0.3) is 0 Å². The maximum Gasteiger partial charge on any atom is 0.162 e. The van der Waals surface area contributed by atoms with Crippen molar-refractivity contribution < 1.29 is 9.47 Å². The van der Waals surface area contributed by atoms with E-state index in [0.717, 1.165) is 45.0 Å². The highest BCUT2D eigenvalue weighted by atomic mass is 16.5. The van der Waals surface area contributed by atoms with E-state index in [2.05, 4.69) is 17.4 Å². The first kappa shape index (κ1) is 20.5. The zero-order valence-electron chi connectivity index (χ0n) is 18.2. The summed E-state index contributed by atoms with van der Waals surface area (Å²) in [5, 5.41) is 4.41. The van der Waals surface area contributed by atoms with Gasteiger partial charge in [-0.25, -0.2) is 9.97 Å². The van der Waals surface area contributed by atoms with Crippen LogP contribution in [0.2, 0.25) is 0 Å². The quantitative estimate of drug-likeness (QED) is 0.312. The first-order chi connectivity index (χ1) is 16.3. The molecule has 0 aliphatic carbocycles. The fraction of sp³-hybridized carbons (Fsp3) is 0.0714. The van der Waals surface area contributed by atoms with Crippen LogP contribution in [-0.4, -0.2) is 17.1 Å². The third kappa shape index (κ3) is 4.77. The van der Waals surface area contributed by atoms with Crippen LogP contribution in [0.1, 0.15) is 5.56 Å². The van der Waals surface area contributed by atoms with E-state index in [0.29, 0.717) is 12.4 Å². The van der Waals surface area contributed by atoms with Crippen molar-refractivity contribution in [2.45, 2.75) is 6.61 Å². The molecule has 1 N–H and O–H groups in total. The molecule has 1 heterocycles. The van der Waals surface area contributed by atoms with E-state index < -0.39 is 0 Å². The lowest BCUT2D eigenvalue weighted by atomic mass is 10.1. The Balaban J connectivity index is 1.39. The molecule has 0 aliphatic rings. The molecule has 4 aromatic carbocycles. The van der Waals surface area contributed by atoms with E-state index in [-0.39, 0.29) is 0 Å². The van der Waals surface area contributed by atoms with Gasteiger partial charge < -0.3 is 14.8 Å². The molecule has 33 heavy (non-hydrogen) atoms. The van der Waals surface area contributed by atoms with Crippen LogP contribution in [0, 0.1) is 0 Å². The fourth-order valence-corrected chi connectivity index (χ4v) is 3.55. The Bertz CT molecular complexity index is 1350. The number of anilines is 2. The van der Waals surface area contributed by atoms with Crippen LogP contribution in [0.3, 0.4) is 0 Å². The lowest BCUT2D eigenvalue weighted by molar-refractivity contribution is 0.306. The molecule has 5 aromatic rings. The molecule has 0 atom stereocenters. The third-order valence-electron chi connectivity index (χ3n) is 5.32. The molecule has 5 heteroatoms. The molecule has 0 aliphatic heterocycles. The highest BCUT2D eigenvalue weighted by Crippen LogP contribution is 2.29. The molecular formula is C28H23N3O2. The van der Waals surface area contributed by atoms with Crippen LogP contribution < -0.4 is 14.8 Å². The highest BCUT2D eigenvalue weighted by molar-refractivity contribution is 5.92. The third-order valence-corrected chi connectivity index (χ3v) is 5.32. The molecule has 0 bridgehead atoms. The van der Waals surface area contributed by atoms with Gasteiger partial charge in [-0.2, -0.15) is 0 Å². The predicted molar refractivity (Wildman–Crippen MR) is 132 cm³/mol. The number of aromatic nitrogens is 2. The summed E-state index contributed by atoms with van der Waals surface area (Å²) in [6, 6.07) is 33.8. The Morgan fingerprint density at radius 2 is 1.39 bits per heavy atom. The lowest BCUT2D eigenvalue weighted by Gasteiger charge is -2.12. The summed E-state index contributed by atoms with van der Waals surface area (Å²) in [4.78, 5) is 9.58. The van der Waals surface area contributed by atoms with E-state index in [1.165, 1.54) is 0 Å². The van der Waals surface area contributed by atoms with Crippen molar-refractivity contribution in [1.82, 2.24) is 9.97 Å². The molecular weight excluding hydrogens is 410 g/mol. The smallest absolute Gasteiger partial charge is 0.162 e. The predicted octanol–water partition coefficient (Wildman–Crippen LogP) is 6.63. The summed E-state index contributed by atoms with van der Waals surface area (Å²) in [6.07, 6.45) is 0. The largest absolute Gasteiger partial charge is 0.497 e. The highest BCUT2D eigenvalue weighted by Gasteiger charge is 2.10. The van der Waals surface area contributed by atoms with Gasteiger partial charge in [-0.15, -0.1) is 0 Å². The molecule has 5 rings (SSSR count). The van der Waals surface area contributed by atoms with Crippen molar-refractivity contribution in [3.63, 3.8) is 0 Å². The molecule has 0 spiro atoms. The first-order valence-electron chi connectivity index (χ1n) is 10.7. The number of nitrogens with one attached hydrogen (secondary N) is 1. The molecule has 0 saturated heterocycles. The molecule has 0 amide bonds. The second-order valence-corrected chi connectivity index (χ2v) is 7.57. The second-order valence-electron chi connectivity index (χ2n) is 7.57. The average Bonchev–Trinajstić information content (AvgIpc) is 2.89. The second kappa shape index (κ2) is 9.40. The Labute approximate surface area is 192 Å². The fourth-order valence-electron chi connectivity index (χ4n) is 3.55. The Kier molecular flexibility index (Phi) is 5.85. The van der Waals surface area contributed by atoms with Crippen molar-refractivity contribution in [1.29, 1.82) is 0 Å². The zero-order valence-corrected chi connectivity index (χ0v) is 18.2. The number of nitrogens with zero attached hydrogens (tertiary/aromatic N) is 2. The van der Waals surface area contributed by atoms with Crippen LogP contribution in [0.5, 0.6) is 11.5 Å². The molecule has 0 unspecified atom stereocenters. The topological polar surface area (TPSA) is 56.3 Å². The number of para-hydroxylation sites is 1. The van der Waals surface area contributed by atoms with Gasteiger partial charge in [0.1, 0.15) is 23.9 Å². The van der Waals surface area contributed by atoms with E-state index in [1.807, 2.05) is 91.0 Å². The van der Waals surface area contributed by atoms with Crippen LogP contribution in [0.25, 0.3) is 22.3 Å². The Morgan fingerprint density at radius 1 is 0.697 bits per heavy atom. The van der Waals surface area contributed by atoms with E-state index in [4.69, 9.17) is 19.4 Å². The van der Waals surface area contributed by atoms with Gasteiger partial charge in [0.2, 0.25) is 0 Å². The number of rotatable bonds is 7. The van der Waals surface area contributed by atoms with Gasteiger partial charge in [0, 0.05) is 16.6 Å². The summed E-state index contributed by atoms with van der Waals surface area (Å²) in [6.45, 7) is 0.537. The number of fused-ring (bicyclic) bond motifs is 1. The number of methoxy groups -OCH3 is 1. The molecule has 1 aromatic heterocycles. The van der Waals surface area contributed by atoms with Gasteiger partial charge in [-0.05, 0) is 66.2 Å². The Morgan fingerprint density at radius 3 is 2.15 bits per heavy atom. The van der Waals surface area contributed by atoms with Gasteiger partial charge in [-0.1, -0.05) is 42.5 Å². The van der Waals surface area contributed by atoms with Gasteiger partial charge >= 0.3 is 0 Å². The normalized spacial score (nSPS) is 10.7. The minimum atomic E-state index is 0.537. The number of hydrogen-bond acceptors (Lipinski definition) is 5. The van der Waals surface area contributed by atoms with Gasteiger partial charge in [0.15, 0.2) is 5.82 Å². The van der Waals surface area contributed by atoms with Crippen LogP contribution >= 0.6 is 0 Å². The van der Waals surface area contributed by atoms with Crippen molar-refractivity contribution in [3.05, 3.63) is 109 Å². The minimum absolute atomic E-state index is 0.537. The lowest BCUT2D eigenvalue weighted by Crippen LogP contribution is -2.00. The number of benzene rings is 4. The van der Waals surface area contributed by atoms with Crippen LogP contribution in [0.15, 0.2) is 103 Å². The van der Waals surface area contributed by atoms with E-state index in [9.17, 15) is 0 Å². The maximum absolute atomic E-state index is 5.90. The number of ether oxygens (including phenoxy) is 2. The van der Waals surface area contributed by atoms with Gasteiger partial charge in [-0.3, -0.25) is 0 Å². The molecule has 0 radical (unpaired) electrons. The van der Waals surface area contributed by atoms with Crippen LogP contribution in [0.4, 0.5) is 11.5 Å². The average molecular weight is 434 g/mol. The van der Waals surface area contributed by atoms with Gasteiger partial charge in [0.05, 0.1) is 12.6 Å². The van der Waals surface area contributed by atoms with Crippen molar-refractivity contribution in [2.24, 2.45) is 0 Å². The van der Waals surface area contributed by atoms with E-state index >= 15 is 0 Å².